The van der Waals surface area contributed by atoms with Crippen LogP contribution in [0.25, 0.3) is 11.0 Å². The summed E-state index contributed by atoms with van der Waals surface area (Å²) in [5, 5.41) is 2.97. The third kappa shape index (κ3) is 3.74. The van der Waals surface area contributed by atoms with E-state index in [2.05, 4.69) is 20.9 Å². The molecule has 0 atom stereocenters. The Labute approximate surface area is 141 Å². The zero-order chi connectivity index (χ0) is 16.9. The van der Waals surface area contributed by atoms with Crippen molar-refractivity contribution in [2.24, 2.45) is 0 Å². The Kier molecular flexibility index (Phi) is 4.79. The zero-order valence-corrected chi connectivity index (χ0v) is 13.8. The van der Waals surface area contributed by atoms with Gasteiger partial charge in [0.15, 0.2) is 0 Å². The van der Waals surface area contributed by atoms with Crippen LogP contribution in [-0.4, -0.2) is 22.0 Å². The number of para-hydroxylation sites is 2. The molecule has 3 N–H and O–H groups in total. The van der Waals surface area contributed by atoms with Gasteiger partial charge >= 0.3 is 0 Å². The normalized spacial score (nSPS) is 10.9. The second-order valence-electron chi connectivity index (χ2n) is 5.92. The molecule has 0 unspecified atom stereocenters. The van der Waals surface area contributed by atoms with Crippen molar-refractivity contribution >= 4 is 22.6 Å². The summed E-state index contributed by atoms with van der Waals surface area (Å²) in [5.41, 5.74) is 9.48. The molecule has 5 nitrogen and oxygen atoms in total. The number of nitrogen functional groups attached to an aromatic ring is 1. The number of rotatable bonds is 6. The summed E-state index contributed by atoms with van der Waals surface area (Å²) < 4.78 is 2.20. The molecule has 24 heavy (non-hydrogen) atoms. The first kappa shape index (κ1) is 16.1. The molecular weight excluding hydrogens is 300 g/mol. The van der Waals surface area contributed by atoms with Crippen LogP contribution in [0.2, 0.25) is 0 Å². The number of carbonyl (C=O) groups excluding carboxylic acids is 1. The molecule has 1 amide bonds. The number of anilines is 1. The molecule has 1 heterocycles. The van der Waals surface area contributed by atoms with Gasteiger partial charge in [-0.1, -0.05) is 24.3 Å². The van der Waals surface area contributed by atoms with Gasteiger partial charge in [0.2, 0.25) is 5.91 Å². The Bertz CT molecular complexity index is 836. The maximum Gasteiger partial charge on any atom is 0.224 e. The number of nitrogens with zero attached hydrogens (tertiary/aromatic N) is 2. The monoisotopic (exact) mass is 322 g/mol. The Balaban J connectivity index is 1.48. The van der Waals surface area contributed by atoms with Gasteiger partial charge in [-0.3, -0.25) is 4.79 Å². The van der Waals surface area contributed by atoms with E-state index in [1.54, 1.807) is 0 Å². The van der Waals surface area contributed by atoms with Crippen LogP contribution in [0.4, 0.5) is 5.69 Å². The first-order chi connectivity index (χ1) is 11.6. The standard InChI is InChI=1S/C19H22N4O/c1-14-22-17-5-2-3-6-18(17)23(14)12-4-11-21-19(24)13-15-7-9-16(20)10-8-15/h2-3,5-10H,4,11-13,20H2,1H3,(H,21,24). The van der Waals surface area contributed by atoms with Gasteiger partial charge in [0.1, 0.15) is 5.82 Å². The van der Waals surface area contributed by atoms with Gasteiger partial charge in [-0.05, 0) is 43.2 Å². The highest BCUT2D eigenvalue weighted by Gasteiger charge is 2.07. The van der Waals surface area contributed by atoms with E-state index in [1.165, 1.54) is 0 Å². The van der Waals surface area contributed by atoms with Crippen molar-refractivity contribution in [3.8, 4) is 0 Å². The van der Waals surface area contributed by atoms with Gasteiger partial charge in [0, 0.05) is 18.8 Å². The first-order valence-corrected chi connectivity index (χ1v) is 8.16. The highest BCUT2D eigenvalue weighted by Crippen LogP contribution is 2.15. The predicted molar refractivity (Wildman–Crippen MR) is 96.7 cm³/mol. The van der Waals surface area contributed by atoms with Crippen LogP contribution in [-0.2, 0) is 17.8 Å². The third-order valence-electron chi connectivity index (χ3n) is 4.07. The topological polar surface area (TPSA) is 72.9 Å². The lowest BCUT2D eigenvalue weighted by Gasteiger charge is -2.08. The molecule has 0 aliphatic carbocycles. The number of hydrogen-bond donors (Lipinski definition) is 2. The molecule has 5 heteroatoms. The van der Waals surface area contributed by atoms with Gasteiger partial charge < -0.3 is 15.6 Å². The van der Waals surface area contributed by atoms with E-state index in [9.17, 15) is 4.79 Å². The number of aryl methyl sites for hydroxylation is 2. The zero-order valence-electron chi connectivity index (χ0n) is 13.8. The fourth-order valence-electron chi connectivity index (χ4n) is 2.83. The molecule has 2 aromatic carbocycles. The van der Waals surface area contributed by atoms with Crippen LogP contribution in [0.3, 0.4) is 0 Å². The number of amides is 1. The van der Waals surface area contributed by atoms with Crippen molar-refractivity contribution < 1.29 is 4.79 Å². The molecule has 3 rings (SSSR count). The summed E-state index contributed by atoms with van der Waals surface area (Å²) in [6.07, 6.45) is 1.25. The second-order valence-corrected chi connectivity index (χ2v) is 5.92. The maximum atomic E-state index is 12.0. The SMILES string of the molecule is Cc1nc2ccccc2n1CCCNC(=O)Cc1ccc(N)cc1. The predicted octanol–water partition coefficient (Wildman–Crippen LogP) is 2.68. The van der Waals surface area contributed by atoms with Crippen molar-refractivity contribution in [2.75, 3.05) is 12.3 Å². The summed E-state index contributed by atoms with van der Waals surface area (Å²) >= 11 is 0. The summed E-state index contributed by atoms with van der Waals surface area (Å²) in [6.45, 7) is 3.51. The Hall–Kier alpha value is -2.82. The van der Waals surface area contributed by atoms with Gasteiger partial charge in [-0.25, -0.2) is 4.98 Å². The fourth-order valence-corrected chi connectivity index (χ4v) is 2.83. The van der Waals surface area contributed by atoms with E-state index in [1.807, 2.05) is 49.4 Å². The van der Waals surface area contributed by atoms with Gasteiger partial charge in [0.25, 0.3) is 0 Å². The Morgan fingerprint density at radius 2 is 1.92 bits per heavy atom. The average molecular weight is 322 g/mol. The highest BCUT2D eigenvalue weighted by molar-refractivity contribution is 5.78. The smallest absolute Gasteiger partial charge is 0.224 e. The largest absolute Gasteiger partial charge is 0.399 e. The number of carbonyl (C=O) groups is 1. The minimum atomic E-state index is 0.0342. The van der Waals surface area contributed by atoms with Gasteiger partial charge in [-0.2, -0.15) is 0 Å². The van der Waals surface area contributed by atoms with Crippen LogP contribution >= 0.6 is 0 Å². The minimum absolute atomic E-state index is 0.0342. The lowest BCUT2D eigenvalue weighted by molar-refractivity contribution is -0.120. The molecule has 1 aromatic heterocycles. The van der Waals surface area contributed by atoms with Crippen molar-refractivity contribution in [2.45, 2.75) is 26.3 Å². The summed E-state index contributed by atoms with van der Waals surface area (Å²) in [6, 6.07) is 15.5. The molecule has 0 saturated heterocycles. The number of benzene rings is 2. The van der Waals surface area contributed by atoms with Crippen molar-refractivity contribution in [1.82, 2.24) is 14.9 Å². The molecule has 3 aromatic rings. The highest BCUT2D eigenvalue weighted by atomic mass is 16.1. The molecule has 0 spiro atoms. The summed E-state index contributed by atoms with van der Waals surface area (Å²) in [4.78, 5) is 16.5. The number of nitrogens with one attached hydrogen (secondary N) is 1. The lowest BCUT2D eigenvalue weighted by atomic mass is 10.1. The van der Waals surface area contributed by atoms with Crippen LogP contribution in [0, 0.1) is 6.92 Å². The van der Waals surface area contributed by atoms with E-state index in [0.717, 1.165) is 35.4 Å². The van der Waals surface area contributed by atoms with Crippen molar-refractivity contribution in [3.63, 3.8) is 0 Å². The molecule has 0 aliphatic rings. The Morgan fingerprint density at radius 3 is 2.71 bits per heavy atom. The Morgan fingerprint density at radius 1 is 1.17 bits per heavy atom. The number of imidazole rings is 1. The minimum Gasteiger partial charge on any atom is -0.399 e. The maximum absolute atomic E-state index is 12.0. The number of hydrogen-bond acceptors (Lipinski definition) is 3. The second kappa shape index (κ2) is 7.17. The first-order valence-electron chi connectivity index (χ1n) is 8.16. The van der Waals surface area contributed by atoms with Crippen LogP contribution in [0.5, 0.6) is 0 Å². The van der Waals surface area contributed by atoms with E-state index in [-0.39, 0.29) is 5.91 Å². The van der Waals surface area contributed by atoms with Gasteiger partial charge in [-0.15, -0.1) is 0 Å². The quantitative estimate of drug-likeness (QED) is 0.541. The number of aromatic nitrogens is 2. The number of fused-ring (bicyclic) bond motifs is 1. The molecule has 0 fully saturated rings. The number of nitrogens with two attached hydrogens (primary N) is 1. The van der Waals surface area contributed by atoms with Crippen LogP contribution < -0.4 is 11.1 Å². The summed E-state index contributed by atoms with van der Waals surface area (Å²) in [5.74, 6) is 1.04. The van der Waals surface area contributed by atoms with Crippen LogP contribution in [0.1, 0.15) is 17.8 Å². The van der Waals surface area contributed by atoms with Crippen LogP contribution in [0.15, 0.2) is 48.5 Å². The molecule has 0 aliphatic heterocycles. The van der Waals surface area contributed by atoms with Crippen molar-refractivity contribution in [3.05, 3.63) is 59.9 Å². The van der Waals surface area contributed by atoms with E-state index >= 15 is 0 Å². The van der Waals surface area contributed by atoms with E-state index < -0.39 is 0 Å². The molecule has 0 bridgehead atoms. The van der Waals surface area contributed by atoms with E-state index in [4.69, 9.17) is 5.73 Å². The summed E-state index contributed by atoms with van der Waals surface area (Å²) in [7, 11) is 0. The fraction of sp³-hybridized carbons (Fsp3) is 0.263. The average Bonchev–Trinajstić information content (AvgIpc) is 2.89. The third-order valence-corrected chi connectivity index (χ3v) is 4.07. The lowest BCUT2D eigenvalue weighted by Crippen LogP contribution is -2.26. The molecule has 124 valence electrons. The van der Waals surface area contributed by atoms with E-state index in [0.29, 0.717) is 18.7 Å². The molecular formula is C19H22N4O. The molecule has 0 radical (unpaired) electrons. The molecule has 0 saturated carbocycles. The van der Waals surface area contributed by atoms with Gasteiger partial charge in [0.05, 0.1) is 17.5 Å². The van der Waals surface area contributed by atoms with Crippen molar-refractivity contribution in [1.29, 1.82) is 0 Å².